The Hall–Kier alpha value is -2.09. The van der Waals surface area contributed by atoms with Gasteiger partial charge in [-0.1, -0.05) is 11.3 Å². The minimum absolute atomic E-state index is 0.148. The Bertz CT molecular complexity index is 555. The van der Waals surface area contributed by atoms with Crippen LogP contribution < -0.4 is 15.9 Å². The van der Waals surface area contributed by atoms with Crippen molar-refractivity contribution in [2.75, 3.05) is 5.73 Å². The number of H-pyrrole nitrogens is 2. The van der Waals surface area contributed by atoms with Gasteiger partial charge in [0.05, 0.1) is 18.4 Å². The maximum Gasteiger partial charge on any atom is 0.304 e. The molecule has 0 aromatic carbocycles. The van der Waals surface area contributed by atoms with Crippen molar-refractivity contribution >= 4 is 22.9 Å². The number of nitrogens with one attached hydrogen (secondary N) is 3. The van der Waals surface area contributed by atoms with E-state index in [0.717, 1.165) is 11.3 Å². The average molecular weight is 239 g/mol. The summed E-state index contributed by atoms with van der Waals surface area (Å²) >= 11 is 1.05. The van der Waals surface area contributed by atoms with E-state index in [-0.39, 0.29) is 28.7 Å². The Morgan fingerprint density at radius 1 is 1.62 bits per heavy atom. The molecule has 0 saturated carbocycles. The van der Waals surface area contributed by atoms with Gasteiger partial charge in [0.15, 0.2) is 0 Å². The lowest BCUT2D eigenvalue weighted by Gasteiger charge is -2.01. The van der Waals surface area contributed by atoms with Crippen LogP contribution in [-0.4, -0.2) is 21.1 Å². The largest absolute Gasteiger partial charge is 0.396 e. The predicted molar refractivity (Wildman–Crippen MR) is 59.1 cm³/mol. The number of aromatic nitrogens is 3. The molecule has 0 spiro atoms. The van der Waals surface area contributed by atoms with Crippen LogP contribution in [0.3, 0.4) is 0 Å². The van der Waals surface area contributed by atoms with Crippen LogP contribution in [0.4, 0.5) is 5.69 Å². The minimum atomic E-state index is -0.359. The number of nitrogen functional groups attached to an aromatic ring is 1. The first-order valence-electron chi connectivity index (χ1n) is 4.40. The zero-order valence-electron chi connectivity index (χ0n) is 8.11. The fourth-order valence-corrected chi connectivity index (χ4v) is 1.72. The molecule has 0 aliphatic carbocycles. The van der Waals surface area contributed by atoms with Gasteiger partial charge in [0.25, 0.3) is 5.91 Å². The Morgan fingerprint density at radius 2 is 2.44 bits per heavy atom. The second-order valence-electron chi connectivity index (χ2n) is 3.06. The van der Waals surface area contributed by atoms with Gasteiger partial charge < -0.3 is 16.0 Å². The van der Waals surface area contributed by atoms with Gasteiger partial charge >= 0.3 is 4.87 Å². The summed E-state index contributed by atoms with van der Waals surface area (Å²) in [6, 6.07) is 0. The van der Waals surface area contributed by atoms with Gasteiger partial charge in [0, 0.05) is 11.1 Å². The molecule has 0 radical (unpaired) electrons. The molecule has 0 aliphatic rings. The zero-order valence-corrected chi connectivity index (χ0v) is 8.93. The molecule has 16 heavy (non-hydrogen) atoms. The number of carbonyl (C=O) groups is 1. The molecule has 0 saturated heterocycles. The van der Waals surface area contributed by atoms with Crippen LogP contribution >= 0.6 is 11.3 Å². The molecule has 0 fully saturated rings. The number of hydrogen-bond acceptors (Lipinski definition) is 5. The number of thiazole rings is 1. The van der Waals surface area contributed by atoms with E-state index in [1.54, 1.807) is 5.38 Å². The molecule has 2 aromatic heterocycles. The summed E-state index contributed by atoms with van der Waals surface area (Å²) in [7, 11) is 0. The predicted octanol–water partition coefficient (Wildman–Crippen LogP) is -0.328. The van der Waals surface area contributed by atoms with Crippen LogP contribution in [-0.2, 0) is 6.54 Å². The maximum absolute atomic E-state index is 11.6. The average Bonchev–Trinajstić information content (AvgIpc) is 2.84. The Balaban J connectivity index is 1.99. The quantitative estimate of drug-likeness (QED) is 0.586. The van der Waals surface area contributed by atoms with Crippen LogP contribution in [0.1, 0.15) is 16.2 Å². The first-order valence-corrected chi connectivity index (χ1v) is 5.28. The number of anilines is 1. The van der Waals surface area contributed by atoms with Gasteiger partial charge in [-0.3, -0.25) is 14.7 Å². The maximum atomic E-state index is 11.6. The summed E-state index contributed by atoms with van der Waals surface area (Å²) in [4.78, 5) is 24.8. The number of aromatic amines is 2. The fraction of sp³-hybridized carbons (Fsp3) is 0.125. The minimum Gasteiger partial charge on any atom is -0.396 e. The third-order valence-electron chi connectivity index (χ3n) is 1.91. The molecule has 1 amide bonds. The number of amides is 1. The highest BCUT2D eigenvalue weighted by Gasteiger charge is 2.11. The molecule has 84 valence electrons. The molecule has 2 heterocycles. The van der Waals surface area contributed by atoms with Crippen molar-refractivity contribution in [3.05, 3.63) is 32.6 Å². The molecule has 8 heteroatoms. The molecule has 0 unspecified atom stereocenters. The molecule has 0 bridgehead atoms. The lowest BCUT2D eigenvalue weighted by molar-refractivity contribution is 0.0946. The monoisotopic (exact) mass is 239 g/mol. The van der Waals surface area contributed by atoms with Crippen LogP contribution in [0, 0.1) is 0 Å². The Labute approximate surface area is 93.7 Å². The van der Waals surface area contributed by atoms with E-state index in [9.17, 15) is 9.59 Å². The molecule has 5 N–H and O–H groups in total. The highest BCUT2D eigenvalue weighted by molar-refractivity contribution is 7.07. The molecular formula is C8H9N5O2S. The van der Waals surface area contributed by atoms with Crippen molar-refractivity contribution < 1.29 is 4.79 Å². The standard InChI is InChI=1S/C8H9N5O2S/c9-5-2-11-13-6(5)7(14)10-1-4-3-16-8(15)12-4/h2-3H,1,9H2,(H,10,14)(H,11,13)(H,12,15). The second kappa shape index (κ2) is 4.19. The van der Waals surface area contributed by atoms with E-state index in [0.29, 0.717) is 5.69 Å². The fourth-order valence-electron chi connectivity index (χ4n) is 1.14. The van der Waals surface area contributed by atoms with Crippen LogP contribution in [0.5, 0.6) is 0 Å². The number of carbonyl (C=O) groups excluding carboxylic acids is 1. The van der Waals surface area contributed by atoms with E-state index in [4.69, 9.17) is 5.73 Å². The second-order valence-corrected chi connectivity index (χ2v) is 3.90. The van der Waals surface area contributed by atoms with E-state index < -0.39 is 0 Å². The van der Waals surface area contributed by atoms with Crippen LogP contribution in [0.15, 0.2) is 16.4 Å². The Kier molecular flexibility index (Phi) is 2.73. The first kappa shape index (κ1) is 10.4. The number of hydrogen-bond donors (Lipinski definition) is 4. The van der Waals surface area contributed by atoms with E-state index in [1.165, 1.54) is 6.20 Å². The Morgan fingerprint density at radius 3 is 3.00 bits per heavy atom. The summed E-state index contributed by atoms with van der Waals surface area (Å²) < 4.78 is 0. The van der Waals surface area contributed by atoms with Crippen molar-refractivity contribution in [1.29, 1.82) is 0 Å². The lowest BCUT2D eigenvalue weighted by atomic mass is 10.3. The summed E-state index contributed by atoms with van der Waals surface area (Å²) in [5.74, 6) is -0.359. The van der Waals surface area contributed by atoms with Gasteiger partial charge in [-0.05, 0) is 0 Å². The summed E-state index contributed by atoms with van der Waals surface area (Å²) in [6.45, 7) is 0.246. The van der Waals surface area contributed by atoms with Gasteiger partial charge in [-0.25, -0.2) is 0 Å². The smallest absolute Gasteiger partial charge is 0.304 e. The van der Waals surface area contributed by atoms with E-state index >= 15 is 0 Å². The zero-order chi connectivity index (χ0) is 11.5. The van der Waals surface area contributed by atoms with E-state index in [2.05, 4.69) is 20.5 Å². The molecule has 0 aliphatic heterocycles. The number of nitrogens with zero attached hydrogens (tertiary/aromatic N) is 1. The third kappa shape index (κ3) is 2.11. The van der Waals surface area contributed by atoms with Crippen LogP contribution in [0.25, 0.3) is 0 Å². The molecule has 2 rings (SSSR count). The first-order chi connectivity index (χ1) is 7.66. The van der Waals surface area contributed by atoms with Crippen molar-refractivity contribution in [3.8, 4) is 0 Å². The number of nitrogens with two attached hydrogens (primary N) is 1. The highest BCUT2D eigenvalue weighted by atomic mass is 32.1. The SMILES string of the molecule is Nc1cn[nH]c1C(=O)NCc1csc(=O)[nH]1. The van der Waals surface area contributed by atoms with Gasteiger partial charge in [-0.15, -0.1) is 0 Å². The van der Waals surface area contributed by atoms with Crippen molar-refractivity contribution in [2.45, 2.75) is 6.54 Å². The van der Waals surface area contributed by atoms with Gasteiger partial charge in [-0.2, -0.15) is 5.10 Å². The summed E-state index contributed by atoms with van der Waals surface area (Å²) in [5, 5.41) is 10.4. The summed E-state index contributed by atoms with van der Waals surface area (Å²) in [6.07, 6.45) is 1.36. The topological polar surface area (TPSA) is 117 Å². The third-order valence-corrected chi connectivity index (χ3v) is 2.62. The normalized spacial score (nSPS) is 10.2. The van der Waals surface area contributed by atoms with Gasteiger partial charge in [0.2, 0.25) is 0 Å². The molecule has 7 nitrogen and oxygen atoms in total. The number of rotatable bonds is 3. The van der Waals surface area contributed by atoms with Crippen molar-refractivity contribution in [2.24, 2.45) is 0 Å². The summed E-state index contributed by atoms with van der Waals surface area (Å²) in [5.41, 5.74) is 6.67. The van der Waals surface area contributed by atoms with Crippen molar-refractivity contribution in [3.63, 3.8) is 0 Å². The highest BCUT2D eigenvalue weighted by Crippen LogP contribution is 2.05. The van der Waals surface area contributed by atoms with Crippen LogP contribution in [0.2, 0.25) is 0 Å². The molecular weight excluding hydrogens is 230 g/mol. The van der Waals surface area contributed by atoms with Gasteiger partial charge in [0.1, 0.15) is 5.69 Å². The van der Waals surface area contributed by atoms with E-state index in [1.807, 2.05) is 0 Å². The van der Waals surface area contributed by atoms with Crippen molar-refractivity contribution in [1.82, 2.24) is 20.5 Å². The molecule has 2 aromatic rings. The lowest BCUT2D eigenvalue weighted by Crippen LogP contribution is -2.24. The molecule has 0 atom stereocenters.